The highest BCUT2D eigenvalue weighted by atomic mass is 32.2. The van der Waals surface area contributed by atoms with E-state index in [1.807, 2.05) is 24.3 Å². The molecule has 2 aliphatic heterocycles. The summed E-state index contributed by atoms with van der Waals surface area (Å²) in [4.78, 5) is 22.3. The fourth-order valence-electron chi connectivity index (χ4n) is 5.62. The number of rotatable bonds is 7. The van der Waals surface area contributed by atoms with Gasteiger partial charge >= 0.3 is 0 Å². The van der Waals surface area contributed by atoms with Crippen LogP contribution in [0.2, 0.25) is 0 Å². The molecule has 0 saturated carbocycles. The Balaban J connectivity index is 1.18. The van der Waals surface area contributed by atoms with Gasteiger partial charge in [0, 0.05) is 48.7 Å². The maximum absolute atomic E-state index is 13.5. The van der Waals surface area contributed by atoms with E-state index in [-0.39, 0.29) is 10.8 Å². The summed E-state index contributed by atoms with van der Waals surface area (Å²) in [5, 5.41) is 4.84. The van der Waals surface area contributed by atoms with Crippen LogP contribution in [0.4, 0.5) is 5.00 Å². The van der Waals surface area contributed by atoms with Gasteiger partial charge in [0.05, 0.1) is 28.3 Å². The molecule has 1 saturated heterocycles. The number of benzene rings is 3. The van der Waals surface area contributed by atoms with E-state index in [0.717, 1.165) is 51.8 Å². The number of carbonyl (C=O) groups excluding carboxylic acids is 1. The number of aromatic nitrogens is 1. The zero-order chi connectivity index (χ0) is 29.4. The molecule has 5 aromatic rings. The number of ether oxygens (including phenoxy) is 1. The van der Waals surface area contributed by atoms with Gasteiger partial charge in [0.1, 0.15) is 10.0 Å². The second kappa shape index (κ2) is 11.9. The molecule has 0 aliphatic carbocycles. The zero-order valence-electron chi connectivity index (χ0n) is 23.4. The van der Waals surface area contributed by atoms with Crippen LogP contribution in [0.25, 0.3) is 20.8 Å². The third-order valence-electron chi connectivity index (χ3n) is 7.84. The summed E-state index contributed by atoms with van der Waals surface area (Å²) in [7, 11) is -3.64. The lowest BCUT2D eigenvalue weighted by Crippen LogP contribution is -2.40. The summed E-state index contributed by atoms with van der Waals surface area (Å²) < 4.78 is 33.9. The van der Waals surface area contributed by atoms with Gasteiger partial charge in [-0.25, -0.2) is 13.4 Å². The van der Waals surface area contributed by atoms with Crippen molar-refractivity contribution in [3.8, 4) is 10.6 Å². The van der Waals surface area contributed by atoms with Crippen molar-refractivity contribution in [2.75, 3.05) is 38.2 Å². The van der Waals surface area contributed by atoms with E-state index in [2.05, 4.69) is 40.5 Å². The highest BCUT2D eigenvalue weighted by Gasteiger charge is 2.29. The number of para-hydroxylation sites is 1. The Kier molecular flexibility index (Phi) is 7.85. The average Bonchev–Trinajstić information content (AvgIpc) is 3.62. The topological polar surface area (TPSA) is 91.8 Å². The molecule has 43 heavy (non-hydrogen) atoms. The highest BCUT2D eigenvalue weighted by molar-refractivity contribution is 7.89. The standard InChI is InChI=1S/C32H30N4O4S3/c37-30(23-10-12-24(13-11-23)43(38,39)36-16-18-40-19-17-36)34-32-29(31-33-26-8-4-5-9-27(26)41-31)25-14-15-35(21-28(25)42-32)20-22-6-2-1-3-7-22/h1-13H,14-21H2,(H,34,37). The van der Waals surface area contributed by atoms with Crippen LogP contribution in [-0.4, -0.2) is 61.4 Å². The van der Waals surface area contributed by atoms with Crippen molar-refractivity contribution in [3.63, 3.8) is 0 Å². The SMILES string of the molecule is O=C(Nc1sc2c(c1-c1nc3ccccc3s1)CCN(Cc1ccccc1)C2)c1ccc(S(=O)(=O)N2CCOCC2)cc1. The molecular formula is C32H30N4O4S3. The van der Waals surface area contributed by atoms with Crippen LogP contribution in [0, 0.1) is 0 Å². The second-order valence-electron chi connectivity index (χ2n) is 10.6. The molecule has 8 nitrogen and oxygen atoms in total. The first-order valence-electron chi connectivity index (χ1n) is 14.2. The van der Waals surface area contributed by atoms with Crippen molar-refractivity contribution in [3.05, 3.63) is 100 Å². The van der Waals surface area contributed by atoms with Gasteiger partial charge in [-0.2, -0.15) is 4.31 Å². The third-order valence-corrected chi connectivity index (χ3v) is 11.9. The molecule has 1 amide bonds. The minimum atomic E-state index is -3.64. The van der Waals surface area contributed by atoms with Gasteiger partial charge < -0.3 is 10.1 Å². The van der Waals surface area contributed by atoms with E-state index in [0.29, 0.717) is 31.9 Å². The largest absolute Gasteiger partial charge is 0.379 e. The lowest BCUT2D eigenvalue weighted by Gasteiger charge is -2.27. The first kappa shape index (κ1) is 28.3. The van der Waals surface area contributed by atoms with Crippen molar-refractivity contribution in [2.45, 2.75) is 24.4 Å². The number of nitrogens with zero attached hydrogens (tertiary/aromatic N) is 3. The Bertz CT molecular complexity index is 1850. The van der Waals surface area contributed by atoms with Crippen LogP contribution in [-0.2, 0) is 34.3 Å². The molecule has 1 N–H and O–H groups in total. The van der Waals surface area contributed by atoms with Gasteiger partial charge in [0.15, 0.2) is 0 Å². The minimum absolute atomic E-state index is 0.172. The van der Waals surface area contributed by atoms with Crippen LogP contribution >= 0.6 is 22.7 Å². The molecule has 2 aromatic heterocycles. The predicted octanol–water partition coefficient (Wildman–Crippen LogP) is 5.86. The lowest BCUT2D eigenvalue weighted by molar-refractivity contribution is 0.0730. The van der Waals surface area contributed by atoms with E-state index in [1.54, 1.807) is 34.8 Å². The number of thiazole rings is 1. The van der Waals surface area contributed by atoms with Crippen molar-refractivity contribution < 1.29 is 17.9 Å². The van der Waals surface area contributed by atoms with Crippen LogP contribution in [0.1, 0.15) is 26.4 Å². The monoisotopic (exact) mass is 630 g/mol. The molecule has 0 spiro atoms. The summed E-state index contributed by atoms with van der Waals surface area (Å²) in [6, 6.07) is 24.7. The number of nitrogens with one attached hydrogen (secondary N) is 1. The van der Waals surface area contributed by atoms with Crippen LogP contribution in [0.5, 0.6) is 0 Å². The van der Waals surface area contributed by atoms with E-state index in [1.165, 1.54) is 32.4 Å². The van der Waals surface area contributed by atoms with Crippen molar-refractivity contribution in [1.29, 1.82) is 0 Å². The van der Waals surface area contributed by atoms with Gasteiger partial charge in [0.2, 0.25) is 10.0 Å². The van der Waals surface area contributed by atoms with Crippen molar-refractivity contribution in [1.82, 2.24) is 14.2 Å². The molecule has 0 atom stereocenters. The summed E-state index contributed by atoms with van der Waals surface area (Å²) in [5.74, 6) is -0.280. The molecule has 7 rings (SSSR count). The van der Waals surface area contributed by atoms with Crippen molar-refractivity contribution in [2.24, 2.45) is 0 Å². The smallest absolute Gasteiger partial charge is 0.256 e. The second-order valence-corrected chi connectivity index (χ2v) is 14.7. The minimum Gasteiger partial charge on any atom is -0.379 e. The molecule has 0 bridgehead atoms. The number of fused-ring (bicyclic) bond motifs is 2. The number of carbonyl (C=O) groups is 1. The molecule has 1 fully saturated rings. The maximum atomic E-state index is 13.5. The molecule has 220 valence electrons. The number of morpholine rings is 1. The van der Waals surface area contributed by atoms with Crippen LogP contribution < -0.4 is 5.32 Å². The fraction of sp³-hybridized carbons (Fsp3) is 0.250. The van der Waals surface area contributed by atoms with Gasteiger partial charge in [-0.1, -0.05) is 42.5 Å². The summed E-state index contributed by atoms with van der Waals surface area (Å²) in [6.45, 7) is 4.00. The maximum Gasteiger partial charge on any atom is 0.256 e. The molecule has 4 heterocycles. The zero-order valence-corrected chi connectivity index (χ0v) is 25.8. The van der Waals surface area contributed by atoms with E-state index < -0.39 is 10.0 Å². The number of sulfonamides is 1. The summed E-state index contributed by atoms with van der Waals surface area (Å²) in [5.41, 5.74) is 4.86. The fourth-order valence-corrected chi connectivity index (χ4v) is 9.42. The first-order chi connectivity index (χ1) is 21.0. The normalized spacial score (nSPS) is 16.3. The van der Waals surface area contributed by atoms with Gasteiger partial charge in [-0.3, -0.25) is 9.69 Å². The third kappa shape index (κ3) is 5.76. The molecule has 11 heteroatoms. The molecule has 0 radical (unpaired) electrons. The van der Waals surface area contributed by atoms with Gasteiger partial charge in [0.25, 0.3) is 5.91 Å². The molecule has 0 unspecified atom stereocenters. The average molecular weight is 631 g/mol. The van der Waals surface area contributed by atoms with Gasteiger partial charge in [-0.15, -0.1) is 22.7 Å². The van der Waals surface area contributed by atoms with Crippen LogP contribution in [0.3, 0.4) is 0 Å². The Hall–Kier alpha value is -3.45. The van der Waals surface area contributed by atoms with E-state index in [9.17, 15) is 13.2 Å². The lowest BCUT2D eigenvalue weighted by atomic mass is 10.0. The molecule has 2 aliphatic rings. The highest BCUT2D eigenvalue weighted by Crippen LogP contribution is 2.46. The number of amides is 1. The van der Waals surface area contributed by atoms with E-state index in [4.69, 9.17) is 9.72 Å². The number of hydrogen-bond donors (Lipinski definition) is 1. The predicted molar refractivity (Wildman–Crippen MR) is 171 cm³/mol. The Labute approximate surface area is 258 Å². The van der Waals surface area contributed by atoms with Crippen LogP contribution in [0.15, 0.2) is 83.8 Å². The number of hydrogen-bond acceptors (Lipinski definition) is 8. The number of anilines is 1. The van der Waals surface area contributed by atoms with E-state index >= 15 is 0 Å². The molecule has 3 aromatic carbocycles. The van der Waals surface area contributed by atoms with Crippen molar-refractivity contribution >= 4 is 53.8 Å². The number of thiophene rings is 1. The first-order valence-corrected chi connectivity index (χ1v) is 17.3. The molecular weight excluding hydrogens is 601 g/mol. The quantitative estimate of drug-likeness (QED) is 0.242. The van der Waals surface area contributed by atoms with Gasteiger partial charge in [-0.05, 0) is 53.9 Å². The summed E-state index contributed by atoms with van der Waals surface area (Å²) in [6.07, 6.45) is 0.869. The Morgan fingerprint density at radius 3 is 2.42 bits per heavy atom. The Morgan fingerprint density at radius 1 is 0.907 bits per heavy atom. The summed E-state index contributed by atoms with van der Waals surface area (Å²) >= 11 is 3.25. The Morgan fingerprint density at radius 2 is 1.65 bits per heavy atom.